The number of amides is 1. The van der Waals surface area contributed by atoms with Crippen molar-refractivity contribution in [2.24, 2.45) is 5.92 Å². The molecule has 1 aromatic rings. The van der Waals surface area contributed by atoms with Crippen molar-refractivity contribution in [1.29, 1.82) is 0 Å². The Morgan fingerprint density at radius 1 is 1.08 bits per heavy atom. The first-order chi connectivity index (χ1) is 12.1. The Labute approximate surface area is 150 Å². The lowest BCUT2D eigenvalue weighted by atomic mass is 9.88. The number of nitrogens with zero attached hydrogens (tertiary/aromatic N) is 1. The predicted octanol–water partition coefficient (Wildman–Crippen LogP) is 3.70. The number of anilines is 1. The molecule has 0 radical (unpaired) electrons. The van der Waals surface area contributed by atoms with Crippen molar-refractivity contribution >= 4 is 17.6 Å². The minimum atomic E-state index is -0.322. The van der Waals surface area contributed by atoms with E-state index in [0.717, 1.165) is 51.0 Å². The van der Waals surface area contributed by atoms with Gasteiger partial charge in [0, 0.05) is 18.2 Å². The van der Waals surface area contributed by atoms with Crippen molar-refractivity contribution in [3.8, 4) is 0 Å². The Bertz CT molecular complexity index is 547. The number of benzene rings is 1. The molecule has 1 aromatic carbocycles. The highest BCUT2D eigenvalue weighted by Gasteiger charge is 2.21. The van der Waals surface area contributed by atoms with Gasteiger partial charge in [-0.15, -0.1) is 0 Å². The highest BCUT2D eigenvalue weighted by molar-refractivity contribution is 5.94. The molecule has 1 amide bonds. The molecule has 0 aliphatic heterocycles. The van der Waals surface area contributed by atoms with E-state index in [0.29, 0.717) is 12.2 Å². The van der Waals surface area contributed by atoms with Gasteiger partial charge < -0.3 is 15.0 Å². The molecule has 138 valence electrons. The van der Waals surface area contributed by atoms with Crippen molar-refractivity contribution in [2.75, 3.05) is 31.6 Å². The fourth-order valence-corrected chi connectivity index (χ4v) is 3.19. The second-order valence-electron chi connectivity index (χ2n) is 6.56. The summed E-state index contributed by atoms with van der Waals surface area (Å²) >= 11 is 0. The number of nitrogens with one attached hydrogen (secondary N) is 1. The monoisotopic (exact) mass is 346 g/mol. The molecule has 5 nitrogen and oxygen atoms in total. The van der Waals surface area contributed by atoms with Gasteiger partial charge in [-0.3, -0.25) is 4.79 Å². The summed E-state index contributed by atoms with van der Waals surface area (Å²) in [5.41, 5.74) is 1.24. The average Bonchev–Trinajstić information content (AvgIpc) is 2.66. The Kier molecular flexibility index (Phi) is 7.92. The first-order valence-electron chi connectivity index (χ1n) is 9.44. The zero-order chi connectivity index (χ0) is 18.1. The molecule has 0 heterocycles. The molecule has 1 saturated carbocycles. The van der Waals surface area contributed by atoms with Gasteiger partial charge in [0.1, 0.15) is 6.61 Å². The van der Waals surface area contributed by atoms with Gasteiger partial charge in [-0.2, -0.15) is 0 Å². The van der Waals surface area contributed by atoms with Crippen LogP contribution in [0.2, 0.25) is 0 Å². The van der Waals surface area contributed by atoms with E-state index in [2.05, 4.69) is 24.1 Å². The molecule has 0 spiro atoms. The van der Waals surface area contributed by atoms with Crippen LogP contribution >= 0.6 is 0 Å². The molecule has 0 bridgehead atoms. The summed E-state index contributed by atoms with van der Waals surface area (Å²) in [5.74, 6) is -0.106. The van der Waals surface area contributed by atoms with E-state index in [4.69, 9.17) is 4.74 Å². The molecule has 0 unspecified atom stereocenters. The van der Waals surface area contributed by atoms with Crippen LogP contribution in [0, 0.1) is 5.92 Å². The van der Waals surface area contributed by atoms with Crippen LogP contribution in [-0.2, 0) is 9.53 Å². The quantitative estimate of drug-likeness (QED) is 0.729. The molecule has 1 fully saturated rings. The Morgan fingerprint density at radius 3 is 2.32 bits per heavy atom. The Hall–Kier alpha value is -1.88. The van der Waals surface area contributed by atoms with Crippen molar-refractivity contribution in [2.45, 2.75) is 46.0 Å². The fraction of sp³-hybridized carbons (Fsp3) is 0.600. The number of esters is 1. The van der Waals surface area contributed by atoms with Gasteiger partial charge in [0.25, 0.3) is 0 Å². The second-order valence-corrected chi connectivity index (χ2v) is 6.56. The van der Waals surface area contributed by atoms with E-state index >= 15 is 0 Å². The van der Waals surface area contributed by atoms with Gasteiger partial charge in [0.2, 0.25) is 5.91 Å². The third-order valence-corrected chi connectivity index (χ3v) is 4.90. The molecule has 1 aliphatic carbocycles. The maximum absolute atomic E-state index is 12.2. The summed E-state index contributed by atoms with van der Waals surface area (Å²) < 4.78 is 5.31. The van der Waals surface area contributed by atoms with Crippen molar-refractivity contribution in [3.05, 3.63) is 29.8 Å². The molecule has 0 atom stereocenters. The largest absolute Gasteiger partial charge is 0.461 e. The first-order valence-corrected chi connectivity index (χ1v) is 9.44. The molecular weight excluding hydrogens is 316 g/mol. The van der Waals surface area contributed by atoms with E-state index in [1.54, 1.807) is 24.3 Å². The van der Waals surface area contributed by atoms with Crippen molar-refractivity contribution in [1.82, 2.24) is 4.90 Å². The number of hydrogen-bond acceptors (Lipinski definition) is 4. The highest BCUT2D eigenvalue weighted by atomic mass is 16.5. The van der Waals surface area contributed by atoms with Crippen LogP contribution in [0.4, 0.5) is 5.69 Å². The minimum Gasteiger partial charge on any atom is -0.461 e. The fourth-order valence-electron chi connectivity index (χ4n) is 3.19. The minimum absolute atomic E-state index is 0.0919. The van der Waals surface area contributed by atoms with Gasteiger partial charge in [-0.25, -0.2) is 4.79 Å². The molecule has 0 saturated heterocycles. The van der Waals surface area contributed by atoms with Gasteiger partial charge in [-0.05, 0) is 50.2 Å². The molecule has 1 N–H and O–H groups in total. The number of rotatable bonds is 8. The lowest BCUT2D eigenvalue weighted by Crippen LogP contribution is -2.27. The summed E-state index contributed by atoms with van der Waals surface area (Å²) in [4.78, 5) is 26.5. The first kappa shape index (κ1) is 19.4. The van der Waals surface area contributed by atoms with Gasteiger partial charge >= 0.3 is 5.97 Å². The number of likely N-dealkylation sites (N-methyl/N-ethyl adjacent to an activating group) is 1. The second kappa shape index (κ2) is 10.2. The zero-order valence-electron chi connectivity index (χ0n) is 15.4. The van der Waals surface area contributed by atoms with E-state index < -0.39 is 0 Å². The molecular formula is C20H30N2O3. The van der Waals surface area contributed by atoms with Crippen LogP contribution < -0.4 is 5.32 Å². The van der Waals surface area contributed by atoms with Gasteiger partial charge in [0.05, 0.1) is 5.56 Å². The predicted molar refractivity (Wildman–Crippen MR) is 99.7 cm³/mol. The number of carbonyl (C=O) groups excluding carboxylic acids is 2. The molecule has 2 rings (SSSR count). The molecule has 5 heteroatoms. The Balaban J connectivity index is 1.80. The van der Waals surface area contributed by atoms with Crippen molar-refractivity contribution < 1.29 is 14.3 Å². The lowest BCUT2D eigenvalue weighted by molar-refractivity contribution is -0.120. The number of ether oxygens (including phenoxy) is 1. The smallest absolute Gasteiger partial charge is 0.338 e. The number of carbonyl (C=O) groups is 2. The van der Waals surface area contributed by atoms with Crippen LogP contribution in [0.15, 0.2) is 24.3 Å². The molecule has 0 aromatic heterocycles. The van der Waals surface area contributed by atoms with E-state index in [9.17, 15) is 9.59 Å². The topological polar surface area (TPSA) is 58.6 Å². The summed E-state index contributed by atoms with van der Waals surface area (Å²) in [7, 11) is 0. The standard InChI is InChI=1S/C20H30N2O3/c1-3-22(4-2)14-15-25-20(24)17-10-12-18(13-11-17)21-19(23)16-8-6-5-7-9-16/h10-13,16H,3-9,14-15H2,1-2H3,(H,21,23). The summed E-state index contributed by atoms with van der Waals surface area (Å²) in [6.45, 7) is 7.21. The molecule has 25 heavy (non-hydrogen) atoms. The number of hydrogen-bond donors (Lipinski definition) is 1. The maximum atomic E-state index is 12.2. The zero-order valence-corrected chi connectivity index (χ0v) is 15.4. The summed E-state index contributed by atoms with van der Waals surface area (Å²) in [6.07, 6.45) is 5.45. The molecule has 1 aliphatic rings. The lowest BCUT2D eigenvalue weighted by Gasteiger charge is -2.20. The summed E-state index contributed by atoms with van der Waals surface area (Å²) in [6, 6.07) is 6.94. The van der Waals surface area contributed by atoms with Crippen LogP contribution in [0.1, 0.15) is 56.3 Å². The third-order valence-electron chi connectivity index (χ3n) is 4.90. The van der Waals surface area contributed by atoms with Crippen LogP contribution in [0.3, 0.4) is 0 Å². The van der Waals surface area contributed by atoms with E-state index in [1.165, 1.54) is 6.42 Å². The van der Waals surface area contributed by atoms with Crippen LogP contribution in [-0.4, -0.2) is 43.0 Å². The SMILES string of the molecule is CCN(CC)CCOC(=O)c1ccc(NC(=O)C2CCCCC2)cc1. The Morgan fingerprint density at radius 2 is 1.72 bits per heavy atom. The maximum Gasteiger partial charge on any atom is 0.338 e. The van der Waals surface area contributed by atoms with Crippen molar-refractivity contribution in [3.63, 3.8) is 0 Å². The van der Waals surface area contributed by atoms with E-state index in [1.807, 2.05) is 0 Å². The van der Waals surface area contributed by atoms with E-state index in [-0.39, 0.29) is 17.8 Å². The van der Waals surface area contributed by atoms with Gasteiger partial charge in [-0.1, -0.05) is 33.1 Å². The van der Waals surface area contributed by atoms with Crippen LogP contribution in [0.25, 0.3) is 0 Å². The average molecular weight is 346 g/mol. The van der Waals surface area contributed by atoms with Gasteiger partial charge in [0.15, 0.2) is 0 Å². The highest BCUT2D eigenvalue weighted by Crippen LogP contribution is 2.25. The third kappa shape index (κ3) is 6.16. The summed E-state index contributed by atoms with van der Waals surface area (Å²) in [5, 5.41) is 2.95. The van der Waals surface area contributed by atoms with Crippen LogP contribution in [0.5, 0.6) is 0 Å². The normalized spacial score (nSPS) is 15.2.